The van der Waals surface area contributed by atoms with Crippen LogP contribution in [0.2, 0.25) is 10.0 Å². The average molecular weight is 294 g/mol. The largest absolute Gasteiger partial charge is 0.340 e. The number of nitrogens with zero attached hydrogens (tertiary/aromatic N) is 3. The Bertz CT molecular complexity index is 785. The Morgan fingerprint density at radius 3 is 2.68 bits per heavy atom. The van der Waals surface area contributed by atoms with Gasteiger partial charge in [0, 0.05) is 15.6 Å². The summed E-state index contributed by atoms with van der Waals surface area (Å²) < 4.78 is 1.80. The molecular formula is C12H9Cl2N5. The van der Waals surface area contributed by atoms with Gasteiger partial charge in [-0.2, -0.15) is 0 Å². The second kappa shape index (κ2) is 4.68. The second-order valence-corrected chi connectivity index (χ2v) is 4.84. The van der Waals surface area contributed by atoms with Gasteiger partial charge in [-0.05, 0) is 12.1 Å². The van der Waals surface area contributed by atoms with Crippen LogP contribution in [0.4, 0.5) is 0 Å². The van der Waals surface area contributed by atoms with E-state index in [-0.39, 0.29) is 5.49 Å². The first kappa shape index (κ1) is 12.2. The summed E-state index contributed by atoms with van der Waals surface area (Å²) >= 11 is 12.3. The third-order valence-electron chi connectivity index (χ3n) is 2.84. The normalized spacial score (nSPS) is 11.1. The monoisotopic (exact) mass is 293 g/mol. The minimum atomic E-state index is 0.161. The molecule has 0 saturated carbocycles. The molecular weight excluding hydrogens is 285 g/mol. The number of hydrogen-bond donors (Lipinski definition) is 2. The first-order valence-electron chi connectivity index (χ1n) is 5.53. The third kappa shape index (κ3) is 2.11. The van der Waals surface area contributed by atoms with Gasteiger partial charge in [0.05, 0.1) is 19.2 Å². The lowest BCUT2D eigenvalue weighted by Crippen LogP contribution is -2.13. The van der Waals surface area contributed by atoms with E-state index in [1.54, 1.807) is 29.1 Å². The van der Waals surface area contributed by atoms with E-state index in [1.807, 2.05) is 0 Å². The zero-order valence-corrected chi connectivity index (χ0v) is 11.2. The fourth-order valence-electron chi connectivity index (χ4n) is 1.90. The number of benzene rings is 1. The Morgan fingerprint density at radius 1 is 1.21 bits per heavy atom. The van der Waals surface area contributed by atoms with Crippen molar-refractivity contribution < 1.29 is 0 Å². The molecule has 3 aromatic rings. The summed E-state index contributed by atoms with van der Waals surface area (Å²) in [6, 6.07) is 5.38. The van der Waals surface area contributed by atoms with Crippen molar-refractivity contribution in [2.45, 2.75) is 6.54 Å². The molecule has 2 aromatic heterocycles. The SMILES string of the molecule is N=c1ncn(Cc2c(Cl)cccc2Cl)c2nc[nH]c12. The lowest BCUT2D eigenvalue weighted by Gasteiger charge is -2.10. The van der Waals surface area contributed by atoms with E-state index in [0.29, 0.717) is 27.8 Å². The van der Waals surface area contributed by atoms with E-state index < -0.39 is 0 Å². The molecule has 0 aliphatic heterocycles. The number of aromatic nitrogens is 4. The standard InChI is InChI=1S/C12H9Cl2N5/c13-8-2-1-3-9(14)7(8)4-19-6-18-11(15)10-12(19)17-5-16-10/h1-3,5-6,15H,4H2,(H,16,17). The number of aromatic amines is 1. The lowest BCUT2D eigenvalue weighted by molar-refractivity contribution is 0.784. The van der Waals surface area contributed by atoms with Gasteiger partial charge in [0.2, 0.25) is 0 Å². The van der Waals surface area contributed by atoms with Gasteiger partial charge >= 0.3 is 0 Å². The minimum absolute atomic E-state index is 0.161. The number of imidazole rings is 1. The van der Waals surface area contributed by atoms with E-state index in [4.69, 9.17) is 28.6 Å². The summed E-state index contributed by atoms with van der Waals surface area (Å²) in [5.74, 6) is 0. The third-order valence-corrected chi connectivity index (χ3v) is 3.55. The van der Waals surface area contributed by atoms with Crippen molar-refractivity contribution in [3.05, 3.63) is 52.0 Å². The molecule has 0 spiro atoms. The van der Waals surface area contributed by atoms with Gasteiger partial charge in [0.25, 0.3) is 0 Å². The summed E-state index contributed by atoms with van der Waals surface area (Å²) in [5, 5.41) is 8.89. The summed E-state index contributed by atoms with van der Waals surface area (Å²) in [5.41, 5.74) is 2.20. The molecule has 0 unspecified atom stereocenters. The van der Waals surface area contributed by atoms with Crippen molar-refractivity contribution in [2.75, 3.05) is 0 Å². The molecule has 3 rings (SSSR count). The Labute approximate surface area is 118 Å². The number of H-pyrrole nitrogens is 1. The van der Waals surface area contributed by atoms with E-state index >= 15 is 0 Å². The van der Waals surface area contributed by atoms with Gasteiger partial charge in [0.15, 0.2) is 11.1 Å². The Morgan fingerprint density at radius 2 is 1.95 bits per heavy atom. The fourth-order valence-corrected chi connectivity index (χ4v) is 2.41. The average Bonchev–Trinajstić information content (AvgIpc) is 2.87. The zero-order chi connectivity index (χ0) is 13.4. The van der Waals surface area contributed by atoms with Gasteiger partial charge in [-0.25, -0.2) is 9.97 Å². The van der Waals surface area contributed by atoms with Crippen molar-refractivity contribution >= 4 is 34.4 Å². The van der Waals surface area contributed by atoms with Crippen LogP contribution in [0.5, 0.6) is 0 Å². The van der Waals surface area contributed by atoms with Gasteiger partial charge < -0.3 is 9.55 Å². The Hall–Kier alpha value is -1.85. The molecule has 0 aliphatic carbocycles. The molecule has 0 aliphatic rings. The molecule has 96 valence electrons. The molecule has 19 heavy (non-hydrogen) atoms. The highest BCUT2D eigenvalue weighted by Crippen LogP contribution is 2.25. The minimum Gasteiger partial charge on any atom is -0.340 e. The summed E-state index contributed by atoms with van der Waals surface area (Å²) in [6.07, 6.45) is 3.10. The van der Waals surface area contributed by atoms with E-state index in [9.17, 15) is 0 Å². The quantitative estimate of drug-likeness (QED) is 0.762. The lowest BCUT2D eigenvalue weighted by atomic mass is 10.2. The van der Waals surface area contributed by atoms with Crippen LogP contribution in [0.1, 0.15) is 5.56 Å². The van der Waals surface area contributed by atoms with Crippen molar-refractivity contribution in [3.63, 3.8) is 0 Å². The molecule has 7 heteroatoms. The van der Waals surface area contributed by atoms with Crippen LogP contribution in [-0.2, 0) is 6.54 Å². The zero-order valence-electron chi connectivity index (χ0n) is 9.69. The molecule has 0 amide bonds. The molecule has 1 aromatic carbocycles. The maximum atomic E-state index is 7.69. The van der Waals surface area contributed by atoms with Gasteiger partial charge in [0.1, 0.15) is 5.52 Å². The van der Waals surface area contributed by atoms with E-state index in [2.05, 4.69) is 15.0 Å². The van der Waals surface area contributed by atoms with Gasteiger partial charge in [-0.3, -0.25) is 5.41 Å². The summed E-state index contributed by atoms with van der Waals surface area (Å²) in [6.45, 7) is 0.452. The van der Waals surface area contributed by atoms with Crippen molar-refractivity contribution in [1.82, 2.24) is 19.5 Å². The van der Waals surface area contributed by atoms with Crippen LogP contribution in [-0.4, -0.2) is 19.5 Å². The van der Waals surface area contributed by atoms with Crippen LogP contribution in [0.25, 0.3) is 11.2 Å². The number of halogens is 2. The van der Waals surface area contributed by atoms with Gasteiger partial charge in [-0.1, -0.05) is 29.3 Å². The molecule has 0 fully saturated rings. The molecule has 5 nitrogen and oxygen atoms in total. The maximum absolute atomic E-state index is 7.69. The van der Waals surface area contributed by atoms with Crippen molar-refractivity contribution in [1.29, 1.82) is 5.41 Å². The second-order valence-electron chi connectivity index (χ2n) is 4.02. The first-order chi connectivity index (χ1) is 9.16. The molecule has 2 N–H and O–H groups in total. The molecule has 0 atom stereocenters. The predicted molar refractivity (Wildman–Crippen MR) is 73.3 cm³/mol. The van der Waals surface area contributed by atoms with E-state index in [0.717, 1.165) is 5.56 Å². The molecule has 0 saturated heterocycles. The fraction of sp³-hybridized carbons (Fsp3) is 0.0833. The highest BCUT2D eigenvalue weighted by atomic mass is 35.5. The number of fused-ring (bicyclic) bond motifs is 1. The molecule has 0 radical (unpaired) electrons. The number of hydrogen-bond acceptors (Lipinski definition) is 3. The number of nitrogens with one attached hydrogen (secondary N) is 2. The molecule has 0 bridgehead atoms. The summed E-state index contributed by atoms with van der Waals surface area (Å²) in [7, 11) is 0. The van der Waals surface area contributed by atoms with Gasteiger partial charge in [-0.15, -0.1) is 0 Å². The van der Waals surface area contributed by atoms with E-state index in [1.165, 1.54) is 6.33 Å². The number of rotatable bonds is 2. The van der Waals surface area contributed by atoms with Crippen LogP contribution in [0.15, 0.2) is 30.9 Å². The van der Waals surface area contributed by atoms with Crippen LogP contribution >= 0.6 is 23.2 Å². The summed E-state index contributed by atoms with van der Waals surface area (Å²) in [4.78, 5) is 11.1. The molecule has 2 heterocycles. The highest BCUT2D eigenvalue weighted by Gasteiger charge is 2.09. The van der Waals surface area contributed by atoms with Crippen LogP contribution in [0, 0.1) is 5.41 Å². The van der Waals surface area contributed by atoms with Crippen LogP contribution in [0.3, 0.4) is 0 Å². The Balaban J connectivity index is 2.14. The van der Waals surface area contributed by atoms with Crippen molar-refractivity contribution in [3.8, 4) is 0 Å². The van der Waals surface area contributed by atoms with Crippen molar-refractivity contribution in [2.24, 2.45) is 0 Å². The Kier molecular flexibility index (Phi) is 3.00. The maximum Gasteiger partial charge on any atom is 0.173 e. The smallest absolute Gasteiger partial charge is 0.173 e. The predicted octanol–water partition coefficient (Wildman–Crippen LogP) is 2.59. The van der Waals surface area contributed by atoms with Crippen LogP contribution < -0.4 is 5.49 Å². The highest BCUT2D eigenvalue weighted by molar-refractivity contribution is 6.35. The topological polar surface area (TPSA) is 70.3 Å². The first-order valence-corrected chi connectivity index (χ1v) is 6.28.